The van der Waals surface area contributed by atoms with E-state index in [-0.39, 0.29) is 5.56 Å². The highest BCUT2D eigenvalue weighted by Crippen LogP contribution is 2.41. The molecule has 0 aliphatic rings. The van der Waals surface area contributed by atoms with Crippen molar-refractivity contribution in [1.29, 1.82) is 0 Å². The molecular weight excluding hydrogens is 397 g/mol. The Labute approximate surface area is 123 Å². The van der Waals surface area contributed by atoms with Crippen LogP contribution in [0.5, 0.6) is 0 Å². The van der Waals surface area contributed by atoms with Gasteiger partial charge in [0, 0.05) is 14.9 Å². The van der Waals surface area contributed by atoms with Crippen LogP contribution in [-0.4, -0.2) is 0 Å². The van der Waals surface area contributed by atoms with Gasteiger partial charge in [0.05, 0.1) is 9.85 Å². The number of rotatable bonds is 2. The van der Waals surface area contributed by atoms with Crippen LogP contribution in [0.15, 0.2) is 28.1 Å². The number of benzene rings is 1. The number of halogens is 5. The molecule has 1 aromatic carbocycles. The molecule has 0 N–H and O–H groups in total. The third-order valence-corrected chi connectivity index (χ3v) is 5.27. The Morgan fingerprint density at radius 2 is 1.82 bits per heavy atom. The summed E-state index contributed by atoms with van der Waals surface area (Å²) < 4.78 is 27.9. The van der Waals surface area contributed by atoms with Gasteiger partial charge in [-0.05, 0) is 23.6 Å². The molecule has 0 saturated heterocycles. The van der Waals surface area contributed by atoms with Gasteiger partial charge in [-0.2, -0.15) is 0 Å². The van der Waals surface area contributed by atoms with Crippen molar-refractivity contribution in [2.45, 2.75) is 4.83 Å². The zero-order chi connectivity index (χ0) is 12.6. The Morgan fingerprint density at radius 1 is 1.24 bits per heavy atom. The third-order valence-electron chi connectivity index (χ3n) is 2.17. The van der Waals surface area contributed by atoms with E-state index in [1.807, 2.05) is 0 Å². The predicted molar refractivity (Wildman–Crippen MR) is 74.2 cm³/mol. The Hall–Kier alpha value is 0.0300. The lowest BCUT2D eigenvalue weighted by Crippen LogP contribution is -1.99. The fourth-order valence-corrected chi connectivity index (χ4v) is 4.10. The summed E-state index contributed by atoms with van der Waals surface area (Å²) in [5.41, 5.74) is -0.0300. The molecule has 1 heterocycles. The Kier molecular flexibility index (Phi) is 4.23. The van der Waals surface area contributed by atoms with Gasteiger partial charge in [0.25, 0.3) is 0 Å². The largest absolute Gasteiger partial charge is 0.206 e. The first-order valence-electron chi connectivity index (χ1n) is 4.52. The third kappa shape index (κ3) is 2.72. The summed E-state index contributed by atoms with van der Waals surface area (Å²) in [4.78, 5) is 0.106. The Balaban J connectivity index is 2.51. The van der Waals surface area contributed by atoms with Crippen LogP contribution in [0.2, 0.25) is 5.02 Å². The van der Waals surface area contributed by atoms with Gasteiger partial charge in [-0.15, -0.1) is 11.3 Å². The van der Waals surface area contributed by atoms with Gasteiger partial charge in [0.1, 0.15) is 11.6 Å². The van der Waals surface area contributed by atoms with Gasteiger partial charge in [0.15, 0.2) is 0 Å². The van der Waals surface area contributed by atoms with Crippen molar-refractivity contribution < 1.29 is 8.78 Å². The number of thiophene rings is 1. The van der Waals surface area contributed by atoms with Crippen molar-refractivity contribution >= 4 is 54.8 Å². The molecule has 2 rings (SSSR count). The molecule has 0 spiro atoms. The number of hydrogen-bond acceptors (Lipinski definition) is 1. The van der Waals surface area contributed by atoms with Gasteiger partial charge in [-0.25, -0.2) is 8.78 Å². The molecule has 0 saturated carbocycles. The van der Waals surface area contributed by atoms with E-state index < -0.39 is 16.5 Å². The minimum Gasteiger partial charge on any atom is -0.206 e. The first kappa shape index (κ1) is 13.5. The van der Waals surface area contributed by atoms with E-state index in [1.54, 1.807) is 11.4 Å². The topological polar surface area (TPSA) is 0 Å². The first-order valence-corrected chi connectivity index (χ1v) is 7.48. The second kappa shape index (κ2) is 5.34. The highest BCUT2D eigenvalue weighted by atomic mass is 79.9. The maximum atomic E-state index is 13.7. The van der Waals surface area contributed by atoms with Crippen LogP contribution in [0.25, 0.3) is 0 Å². The highest BCUT2D eigenvalue weighted by molar-refractivity contribution is 9.10. The molecule has 90 valence electrons. The monoisotopic (exact) mass is 400 g/mol. The van der Waals surface area contributed by atoms with Crippen LogP contribution in [0.4, 0.5) is 8.78 Å². The van der Waals surface area contributed by atoms with E-state index in [9.17, 15) is 8.78 Å². The van der Waals surface area contributed by atoms with E-state index in [4.69, 9.17) is 11.6 Å². The molecule has 6 heteroatoms. The van der Waals surface area contributed by atoms with Crippen molar-refractivity contribution in [3.05, 3.63) is 55.1 Å². The second-order valence-corrected chi connectivity index (χ2v) is 6.46. The molecule has 1 atom stereocenters. The molecule has 0 aliphatic heterocycles. The summed E-state index contributed by atoms with van der Waals surface area (Å²) >= 11 is 13.6. The summed E-state index contributed by atoms with van der Waals surface area (Å²) in [6.07, 6.45) is 0. The lowest BCUT2D eigenvalue weighted by Gasteiger charge is -2.11. The molecule has 1 aromatic heterocycles. The van der Waals surface area contributed by atoms with Crippen LogP contribution < -0.4 is 0 Å². The van der Waals surface area contributed by atoms with Gasteiger partial charge in [-0.3, -0.25) is 0 Å². The van der Waals surface area contributed by atoms with Crippen molar-refractivity contribution in [2.24, 2.45) is 0 Å². The molecule has 0 nitrogen and oxygen atoms in total. The fraction of sp³-hybridized carbons (Fsp3) is 0.0909. The standard InChI is InChI=1S/C11H5Br2ClF2S/c12-5-3-7(15)9(8(16)4-5)10(13)11-6(14)1-2-17-11/h1-4,10H. The van der Waals surface area contributed by atoms with Crippen LogP contribution in [0.3, 0.4) is 0 Å². The molecule has 0 amide bonds. The zero-order valence-electron chi connectivity index (χ0n) is 8.18. The van der Waals surface area contributed by atoms with E-state index >= 15 is 0 Å². The van der Waals surface area contributed by atoms with Crippen molar-refractivity contribution in [3.63, 3.8) is 0 Å². The molecule has 17 heavy (non-hydrogen) atoms. The highest BCUT2D eigenvalue weighted by Gasteiger charge is 2.23. The molecule has 2 aromatic rings. The van der Waals surface area contributed by atoms with Gasteiger partial charge < -0.3 is 0 Å². The van der Waals surface area contributed by atoms with E-state index in [0.717, 1.165) is 0 Å². The lowest BCUT2D eigenvalue weighted by atomic mass is 10.1. The first-order chi connectivity index (χ1) is 8.00. The van der Waals surface area contributed by atoms with Crippen LogP contribution >= 0.6 is 54.8 Å². The quantitative estimate of drug-likeness (QED) is 0.547. The van der Waals surface area contributed by atoms with Crippen molar-refractivity contribution in [2.75, 3.05) is 0 Å². The fourth-order valence-electron chi connectivity index (χ4n) is 1.41. The normalized spacial score (nSPS) is 12.8. The van der Waals surface area contributed by atoms with Gasteiger partial charge in [0.2, 0.25) is 0 Å². The summed E-state index contributed by atoms with van der Waals surface area (Å²) in [6.45, 7) is 0. The smallest absolute Gasteiger partial charge is 0.131 e. The maximum absolute atomic E-state index is 13.7. The Morgan fingerprint density at radius 3 is 2.29 bits per heavy atom. The minimum atomic E-state index is -0.608. The summed E-state index contributed by atoms with van der Waals surface area (Å²) in [5.74, 6) is -1.22. The number of hydrogen-bond donors (Lipinski definition) is 0. The molecular formula is C11H5Br2ClF2S. The van der Waals surface area contributed by atoms with Crippen molar-refractivity contribution in [3.8, 4) is 0 Å². The average molecular weight is 402 g/mol. The summed E-state index contributed by atoms with van der Waals surface area (Å²) in [6, 6.07) is 4.16. The zero-order valence-corrected chi connectivity index (χ0v) is 12.9. The lowest BCUT2D eigenvalue weighted by molar-refractivity contribution is 0.560. The SMILES string of the molecule is Fc1cc(Br)cc(F)c1C(Br)c1sccc1Cl. The van der Waals surface area contributed by atoms with Crippen molar-refractivity contribution in [1.82, 2.24) is 0 Å². The summed E-state index contributed by atoms with van der Waals surface area (Å²) in [7, 11) is 0. The molecule has 1 unspecified atom stereocenters. The minimum absolute atomic E-state index is 0.0300. The molecule has 0 bridgehead atoms. The van der Waals surface area contributed by atoms with E-state index in [2.05, 4.69) is 31.9 Å². The van der Waals surface area contributed by atoms with Crippen LogP contribution in [0.1, 0.15) is 15.3 Å². The Bertz CT molecular complexity index is 533. The second-order valence-electron chi connectivity index (χ2n) is 3.28. The maximum Gasteiger partial charge on any atom is 0.131 e. The summed E-state index contributed by atoms with van der Waals surface area (Å²) in [5, 5.41) is 2.28. The van der Waals surface area contributed by atoms with Crippen LogP contribution in [0, 0.1) is 11.6 Å². The van der Waals surface area contributed by atoms with Gasteiger partial charge >= 0.3 is 0 Å². The van der Waals surface area contributed by atoms with E-state index in [1.165, 1.54) is 23.5 Å². The predicted octanol–water partition coefficient (Wildman–Crippen LogP) is 5.93. The molecule has 0 radical (unpaired) electrons. The number of alkyl halides is 1. The average Bonchev–Trinajstić information content (AvgIpc) is 2.62. The van der Waals surface area contributed by atoms with E-state index in [0.29, 0.717) is 14.4 Å². The van der Waals surface area contributed by atoms with Gasteiger partial charge in [-0.1, -0.05) is 43.5 Å². The molecule has 0 fully saturated rings. The molecule has 0 aliphatic carbocycles. The van der Waals surface area contributed by atoms with Crippen LogP contribution in [-0.2, 0) is 0 Å².